The van der Waals surface area contributed by atoms with Gasteiger partial charge in [-0.3, -0.25) is 0 Å². The third kappa shape index (κ3) is 6.37. The van der Waals surface area contributed by atoms with Crippen LogP contribution in [0.4, 0.5) is 17.6 Å². The van der Waals surface area contributed by atoms with E-state index in [1.165, 1.54) is 36.0 Å². The Labute approximate surface area is 182 Å². The molecule has 0 atom stereocenters. The summed E-state index contributed by atoms with van der Waals surface area (Å²) in [5, 5.41) is 10.2. The van der Waals surface area contributed by atoms with Crippen molar-refractivity contribution in [1.29, 1.82) is 0 Å². The molecule has 0 unspecified atom stereocenters. The van der Waals surface area contributed by atoms with Crippen LogP contribution >= 0.6 is 11.8 Å². The Hall–Kier alpha value is -2.74. The minimum absolute atomic E-state index is 0.171. The molecular formula is C23H21F4NO2S. The lowest BCUT2D eigenvalue weighted by atomic mass is 10.1. The number of carboxylic acid groups (broad SMARTS) is 1. The Morgan fingerprint density at radius 1 is 1.03 bits per heavy atom. The first kappa shape index (κ1) is 22.9. The predicted octanol–water partition coefficient (Wildman–Crippen LogP) is 5.88. The minimum Gasteiger partial charge on any atom is -0.478 e. The molecule has 0 amide bonds. The number of carboxylic acids is 1. The molecule has 0 aromatic heterocycles. The Kier molecular flexibility index (Phi) is 7.43. The molecule has 3 nitrogen and oxygen atoms in total. The summed E-state index contributed by atoms with van der Waals surface area (Å²) in [4.78, 5) is 13.5. The number of carbonyl (C=O) groups is 1. The van der Waals surface area contributed by atoms with Gasteiger partial charge in [0.1, 0.15) is 5.82 Å². The molecule has 1 N–H and O–H groups in total. The van der Waals surface area contributed by atoms with Crippen LogP contribution in [0.5, 0.6) is 0 Å². The standard InChI is InChI=1S/C23H21F4NO2S/c24-19-11-7-16(8-12-19)3-2-14-31-21-20(22(29)30)4-1-13-28(21)15-17-5-9-18(10-6-17)23(25,26)27/h1,4-12H,2-3,13-15H2,(H,29,30). The quantitative estimate of drug-likeness (QED) is 0.402. The molecule has 31 heavy (non-hydrogen) atoms. The summed E-state index contributed by atoms with van der Waals surface area (Å²) in [6, 6.07) is 11.2. The van der Waals surface area contributed by atoms with Crippen molar-refractivity contribution in [2.24, 2.45) is 0 Å². The first-order valence-electron chi connectivity index (χ1n) is 9.66. The number of halogens is 4. The maximum absolute atomic E-state index is 13.0. The highest BCUT2D eigenvalue weighted by Crippen LogP contribution is 2.32. The maximum Gasteiger partial charge on any atom is 0.416 e. The molecule has 3 rings (SSSR count). The molecule has 0 bridgehead atoms. The highest BCUT2D eigenvalue weighted by molar-refractivity contribution is 8.03. The second-order valence-electron chi connectivity index (χ2n) is 7.08. The molecule has 0 saturated carbocycles. The number of thioether (sulfide) groups is 1. The van der Waals surface area contributed by atoms with E-state index in [1.807, 2.05) is 4.90 Å². The average molecular weight is 451 g/mol. The van der Waals surface area contributed by atoms with Gasteiger partial charge in [-0.05, 0) is 60.1 Å². The van der Waals surface area contributed by atoms with Crippen molar-refractivity contribution in [3.05, 3.63) is 93.8 Å². The normalized spacial score (nSPS) is 14.3. The minimum atomic E-state index is -4.39. The van der Waals surface area contributed by atoms with Gasteiger partial charge in [0.15, 0.2) is 0 Å². The lowest BCUT2D eigenvalue weighted by Crippen LogP contribution is -2.27. The van der Waals surface area contributed by atoms with E-state index in [9.17, 15) is 27.5 Å². The van der Waals surface area contributed by atoms with Crippen molar-refractivity contribution in [3.8, 4) is 0 Å². The number of alkyl halides is 3. The summed E-state index contributed by atoms with van der Waals surface area (Å²) in [5.74, 6) is -0.683. The zero-order valence-corrected chi connectivity index (χ0v) is 17.3. The Balaban J connectivity index is 1.66. The molecule has 8 heteroatoms. The molecule has 1 aliphatic heterocycles. The molecule has 0 saturated heterocycles. The van der Waals surface area contributed by atoms with E-state index in [1.54, 1.807) is 24.3 Å². The fourth-order valence-electron chi connectivity index (χ4n) is 3.21. The lowest BCUT2D eigenvalue weighted by Gasteiger charge is -2.29. The number of rotatable bonds is 8. The average Bonchev–Trinajstić information content (AvgIpc) is 2.73. The first-order valence-corrected chi connectivity index (χ1v) is 10.6. The molecule has 1 aliphatic rings. The van der Waals surface area contributed by atoms with Gasteiger partial charge in [-0.2, -0.15) is 13.2 Å². The molecule has 0 fully saturated rings. The van der Waals surface area contributed by atoms with Gasteiger partial charge in [0.25, 0.3) is 0 Å². The van der Waals surface area contributed by atoms with Crippen molar-refractivity contribution < 1.29 is 27.5 Å². The van der Waals surface area contributed by atoms with E-state index < -0.39 is 17.7 Å². The smallest absolute Gasteiger partial charge is 0.416 e. The molecule has 1 heterocycles. The summed E-state index contributed by atoms with van der Waals surface area (Å²) in [6.07, 6.45) is 0.403. The van der Waals surface area contributed by atoms with E-state index in [-0.39, 0.29) is 11.4 Å². The van der Waals surface area contributed by atoms with Gasteiger partial charge in [-0.1, -0.05) is 30.3 Å². The van der Waals surface area contributed by atoms with Crippen LogP contribution in [0.15, 0.2) is 71.3 Å². The van der Waals surface area contributed by atoms with Crippen LogP contribution in [-0.4, -0.2) is 28.3 Å². The number of aliphatic carboxylic acids is 1. The second kappa shape index (κ2) is 10.0. The maximum atomic E-state index is 13.0. The Morgan fingerprint density at radius 2 is 1.68 bits per heavy atom. The van der Waals surface area contributed by atoms with Crippen molar-refractivity contribution in [2.75, 3.05) is 12.3 Å². The highest BCUT2D eigenvalue weighted by atomic mass is 32.2. The van der Waals surface area contributed by atoms with Crippen LogP contribution in [0, 0.1) is 5.82 Å². The van der Waals surface area contributed by atoms with E-state index in [0.717, 1.165) is 30.5 Å². The van der Waals surface area contributed by atoms with Gasteiger partial charge in [-0.25, -0.2) is 9.18 Å². The van der Waals surface area contributed by atoms with E-state index in [2.05, 4.69) is 0 Å². The summed E-state index contributed by atoms with van der Waals surface area (Å²) >= 11 is 1.41. The molecule has 0 aliphatic carbocycles. The van der Waals surface area contributed by atoms with Gasteiger partial charge in [0, 0.05) is 13.1 Å². The summed E-state index contributed by atoms with van der Waals surface area (Å²) < 4.78 is 51.3. The first-order chi connectivity index (χ1) is 14.7. The van der Waals surface area contributed by atoms with Crippen LogP contribution < -0.4 is 0 Å². The van der Waals surface area contributed by atoms with Crippen LogP contribution in [0.3, 0.4) is 0 Å². The molecule has 2 aromatic carbocycles. The fraction of sp³-hybridized carbons (Fsp3) is 0.261. The fourth-order valence-corrected chi connectivity index (χ4v) is 4.32. The molecule has 2 aromatic rings. The van der Waals surface area contributed by atoms with Crippen molar-refractivity contribution >= 4 is 17.7 Å². The Morgan fingerprint density at radius 3 is 2.29 bits per heavy atom. The zero-order valence-electron chi connectivity index (χ0n) is 16.5. The van der Waals surface area contributed by atoms with Gasteiger partial charge < -0.3 is 10.0 Å². The van der Waals surface area contributed by atoms with Crippen molar-refractivity contribution in [3.63, 3.8) is 0 Å². The summed E-state index contributed by atoms with van der Waals surface area (Å²) in [7, 11) is 0. The predicted molar refractivity (Wildman–Crippen MR) is 113 cm³/mol. The van der Waals surface area contributed by atoms with Gasteiger partial charge >= 0.3 is 12.1 Å². The number of nitrogens with zero attached hydrogens (tertiary/aromatic N) is 1. The Bertz CT molecular complexity index is 967. The van der Waals surface area contributed by atoms with Crippen LogP contribution in [-0.2, 0) is 23.9 Å². The third-order valence-electron chi connectivity index (χ3n) is 4.77. The summed E-state index contributed by atoms with van der Waals surface area (Å²) in [6.45, 7) is 0.775. The third-order valence-corrected chi connectivity index (χ3v) is 6.02. The molecule has 0 spiro atoms. The van der Waals surface area contributed by atoms with Crippen LogP contribution in [0.2, 0.25) is 0 Å². The van der Waals surface area contributed by atoms with Crippen molar-refractivity contribution in [1.82, 2.24) is 4.90 Å². The summed E-state index contributed by atoms with van der Waals surface area (Å²) in [5.41, 5.74) is 1.12. The largest absolute Gasteiger partial charge is 0.478 e. The van der Waals surface area contributed by atoms with Gasteiger partial charge in [-0.15, -0.1) is 11.8 Å². The number of benzene rings is 2. The number of aryl methyl sites for hydroxylation is 1. The van der Waals surface area contributed by atoms with Crippen LogP contribution in [0.25, 0.3) is 0 Å². The van der Waals surface area contributed by atoms with E-state index in [4.69, 9.17) is 0 Å². The highest BCUT2D eigenvalue weighted by Gasteiger charge is 2.30. The van der Waals surface area contributed by atoms with Gasteiger partial charge in [0.2, 0.25) is 0 Å². The van der Waals surface area contributed by atoms with E-state index >= 15 is 0 Å². The topological polar surface area (TPSA) is 40.5 Å². The van der Waals surface area contributed by atoms with Crippen LogP contribution in [0.1, 0.15) is 23.1 Å². The number of hydrogen-bond donors (Lipinski definition) is 1. The zero-order chi connectivity index (χ0) is 22.4. The van der Waals surface area contributed by atoms with Gasteiger partial charge in [0.05, 0.1) is 16.2 Å². The monoisotopic (exact) mass is 451 g/mol. The molecule has 0 radical (unpaired) electrons. The SMILES string of the molecule is O=C(O)C1=C(SCCCc2ccc(F)cc2)N(Cc2ccc(C(F)(F)F)cc2)CC=C1. The van der Waals surface area contributed by atoms with Crippen molar-refractivity contribution in [2.45, 2.75) is 25.6 Å². The lowest BCUT2D eigenvalue weighted by molar-refractivity contribution is -0.137. The second-order valence-corrected chi connectivity index (χ2v) is 8.16. The number of hydrogen-bond acceptors (Lipinski definition) is 3. The molecular weight excluding hydrogens is 430 g/mol. The van der Waals surface area contributed by atoms with E-state index in [0.29, 0.717) is 29.4 Å². The molecule has 164 valence electrons.